The van der Waals surface area contributed by atoms with E-state index >= 15 is 0 Å². The fourth-order valence-corrected chi connectivity index (χ4v) is 6.21. The molecule has 1 amide bonds. The van der Waals surface area contributed by atoms with Crippen molar-refractivity contribution in [1.29, 1.82) is 5.26 Å². The second-order valence-corrected chi connectivity index (χ2v) is 13.7. The van der Waals surface area contributed by atoms with Crippen molar-refractivity contribution in [2.24, 2.45) is 10.2 Å². The number of amides is 1. The second-order valence-electron chi connectivity index (χ2n) is 10.0. The summed E-state index contributed by atoms with van der Waals surface area (Å²) in [5.74, 6) is -2.46. The van der Waals surface area contributed by atoms with Crippen LogP contribution in [0.25, 0.3) is 5.69 Å². The third-order valence-corrected chi connectivity index (χ3v) is 8.61. The molecule has 0 radical (unpaired) electrons. The summed E-state index contributed by atoms with van der Waals surface area (Å²) < 4.78 is 68.6. The number of hydrogen-bond acceptors (Lipinski definition) is 14. The van der Waals surface area contributed by atoms with E-state index in [0.717, 1.165) is 16.8 Å². The first-order chi connectivity index (χ1) is 21.9. The van der Waals surface area contributed by atoms with E-state index in [1.165, 1.54) is 26.0 Å². The summed E-state index contributed by atoms with van der Waals surface area (Å²) >= 11 is 12.6. The van der Waals surface area contributed by atoms with E-state index in [9.17, 15) is 45.9 Å². The van der Waals surface area contributed by atoms with Gasteiger partial charge in [0.2, 0.25) is 5.91 Å². The monoisotopic (exact) mass is 843 g/mol. The molecule has 0 atom stereocenters. The van der Waals surface area contributed by atoms with Crippen molar-refractivity contribution >= 4 is 78.2 Å². The summed E-state index contributed by atoms with van der Waals surface area (Å²) in [6.07, 6.45) is 0.308. The van der Waals surface area contributed by atoms with Gasteiger partial charge in [-0.2, -0.15) is 10.4 Å². The van der Waals surface area contributed by atoms with Gasteiger partial charge in [-0.1, -0.05) is 23.2 Å². The smallest absolute Gasteiger partial charge is 0.748 e. The number of carbonyl (C=O) groups is 2. The van der Waals surface area contributed by atoms with Crippen molar-refractivity contribution in [2.75, 3.05) is 29.1 Å². The molecule has 1 N–H and O–H groups in total. The number of rotatable bonds is 15. The molecule has 0 fully saturated rings. The molecule has 0 aliphatic rings. The van der Waals surface area contributed by atoms with E-state index in [1.54, 1.807) is 11.0 Å². The Morgan fingerprint density at radius 3 is 2.12 bits per heavy atom. The third-order valence-electron chi connectivity index (χ3n) is 6.43. The number of aromatic nitrogens is 2. The molecule has 0 bridgehead atoms. The molecule has 252 valence electrons. The van der Waals surface area contributed by atoms with Crippen molar-refractivity contribution in [3.05, 3.63) is 51.6 Å². The number of nitrogens with zero attached hydrogens (tertiary/aromatic N) is 6. The van der Waals surface area contributed by atoms with Crippen molar-refractivity contribution in [1.82, 2.24) is 9.78 Å². The minimum Gasteiger partial charge on any atom is -0.748 e. The van der Waals surface area contributed by atoms with Crippen LogP contribution >= 0.6 is 23.2 Å². The first-order valence-corrected chi connectivity index (χ1v) is 17.3. The van der Waals surface area contributed by atoms with Gasteiger partial charge >= 0.3 is 154 Å². The Bertz CT molecular complexity index is 1970. The number of nitrogens with one attached hydrogen (secondary N) is 1. The van der Waals surface area contributed by atoms with Gasteiger partial charge in [0, 0.05) is 37.4 Å². The minimum absolute atomic E-state index is 0. The Morgan fingerprint density at radius 1 is 1.00 bits per heavy atom. The molecule has 23 heteroatoms. The van der Waals surface area contributed by atoms with Gasteiger partial charge in [-0.25, -0.2) is 21.5 Å². The molecule has 0 aliphatic carbocycles. The average molecular weight is 845 g/mol. The number of halogens is 2. The standard InChI is InChI=1S/C27H29Cl2N7O9S2.3K/c1-16-20(15-30)27(36(34-16)26-21(28)13-19(14-22(26)29)47(43,44)45)33-32-23-8-7-18(12-24(23)31-17(2)37)35(10-5-6-25(38)39)9-3-4-11-46(40,41)42;;;/h7-8,12-14H,3-6,9-11H2,1-2H3,(H,31,37)(H,38,39)(H,40,41,42)(H,43,44,45);;;/q;3*+1/p-3. The van der Waals surface area contributed by atoms with E-state index in [4.69, 9.17) is 23.2 Å². The Kier molecular flexibility index (Phi) is 23.4. The zero-order chi connectivity index (χ0) is 35.1. The molecule has 0 saturated carbocycles. The Labute approximate surface area is 426 Å². The van der Waals surface area contributed by atoms with Crippen LogP contribution in [0.2, 0.25) is 10.0 Å². The number of benzene rings is 2. The molecular weight excluding hydrogens is 819 g/mol. The van der Waals surface area contributed by atoms with Gasteiger partial charge in [0.25, 0.3) is 0 Å². The normalized spacial score (nSPS) is 11.1. The van der Waals surface area contributed by atoms with Crippen molar-refractivity contribution in [3.63, 3.8) is 0 Å². The van der Waals surface area contributed by atoms with Crippen LogP contribution in [0.15, 0.2) is 45.5 Å². The predicted octanol–water partition coefficient (Wildman–Crippen LogP) is -5.69. The number of azo groups is 1. The first kappa shape index (κ1) is 50.8. The molecule has 2 aromatic carbocycles. The predicted molar refractivity (Wildman–Crippen MR) is 166 cm³/mol. The van der Waals surface area contributed by atoms with E-state index in [1.807, 2.05) is 6.07 Å². The largest absolute Gasteiger partial charge is 1.00 e. The minimum atomic E-state index is -4.90. The zero-order valence-corrected chi connectivity index (χ0v) is 40.3. The maximum absolute atomic E-state index is 12.1. The summed E-state index contributed by atoms with van der Waals surface area (Å²) in [5, 5.41) is 35.5. The van der Waals surface area contributed by atoms with Gasteiger partial charge in [-0.3, -0.25) is 4.79 Å². The number of anilines is 2. The summed E-state index contributed by atoms with van der Waals surface area (Å²) in [7, 11) is -9.31. The van der Waals surface area contributed by atoms with Gasteiger partial charge in [0.1, 0.15) is 33.1 Å². The van der Waals surface area contributed by atoms with E-state index in [-0.39, 0.29) is 237 Å². The second kappa shape index (κ2) is 23.0. The molecule has 1 aromatic heterocycles. The first-order valence-electron chi connectivity index (χ1n) is 13.6. The van der Waals surface area contributed by atoms with E-state index < -0.39 is 42.8 Å². The van der Waals surface area contributed by atoms with E-state index in [2.05, 4.69) is 20.6 Å². The van der Waals surface area contributed by atoms with Gasteiger partial charge in [0.05, 0.1) is 36.4 Å². The Balaban J connectivity index is 0.00000800. The molecule has 0 saturated heterocycles. The Hall–Kier alpha value is 0.789. The molecule has 50 heavy (non-hydrogen) atoms. The SMILES string of the molecule is CC(=O)Nc1cc(N(CCCCS(=O)(=O)[O-])CCCC(=O)[O-])ccc1N=Nc1c(C#N)c(C)nn1-c1c(Cl)cc(S(=O)(=O)[O-])cc1Cl.[K+].[K+].[K+]. The topological polar surface area (TPSA) is 253 Å². The maximum atomic E-state index is 12.1. The molecule has 0 aliphatic heterocycles. The van der Waals surface area contributed by atoms with E-state index in [0.29, 0.717) is 5.69 Å². The number of aryl methyl sites for hydroxylation is 1. The van der Waals surface area contributed by atoms with Crippen LogP contribution in [-0.4, -0.2) is 66.4 Å². The number of carboxylic acid groups (broad SMARTS) is 1. The molecule has 16 nitrogen and oxygen atoms in total. The van der Waals surface area contributed by atoms with Crippen LogP contribution < -0.4 is 169 Å². The van der Waals surface area contributed by atoms with Crippen LogP contribution in [0.4, 0.5) is 22.9 Å². The van der Waals surface area contributed by atoms with Gasteiger partial charge in [-0.15, -0.1) is 10.2 Å². The molecular formula is C27H26Cl2K3N7O9S2. The van der Waals surface area contributed by atoms with Crippen LogP contribution in [0.1, 0.15) is 43.9 Å². The van der Waals surface area contributed by atoms with Crippen LogP contribution in [0.3, 0.4) is 0 Å². The van der Waals surface area contributed by atoms with Crippen molar-refractivity contribution < 1.29 is 195 Å². The number of hydrogen-bond donors (Lipinski definition) is 1. The molecule has 3 aromatic rings. The number of carbonyl (C=O) groups excluding carboxylic acids is 2. The molecule has 0 spiro atoms. The van der Waals surface area contributed by atoms with Crippen LogP contribution in [0, 0.1) is 18.3 Å². The molecule has 1 heterocycles. The quantitative estimate of drug-likeness (QED) is 0.0651. The van der Waals surface area contributed by atoms with Crippen molar-refractivity contribution in [2.45, 2.75) is 44.4 Å². The van der Waals surface area contributed by atoms with Gasteiger partial charge in [0.15, 0.2) is 5.82 Å². The number of carboxylic acids is 1. The summed E-state index contributed by atoms with van der Waals surface area (Å²) in [4.78, 5) is 24.1. The molecule has 3 rings (SSSR count). The average Bonchev–Trinajstić information content (AvgIpc) is 3.25. The third kappa shape index (κ3) is 15.5. The fraction of sp³-hybridized carbons (Fsp3) is 0.333. The summed E-state index contributed by atoms with van der Waals surface area (Å²) in [5.41, 5.74) is 0.820. The van der Waals surface area contributed by atoms with Crippen molar-refractivity contribution in [3.8, 4) is 11.8 Å². The van der Waals surface area contributed by atoms with Gasteiger partial charge in [-0.05, 0) is 62.9 Å². The Morgan fingerprint density at radius 2 is 1.60 bits per heavy atom. The molecule has 0 unspecified atom stereocenters. The number of nitriles is 1. The van der Waals surface area contributed by atoms with Crippen LogP contribution in [-0.2, 0) is 29.8 Å². The fourth-order valence-electron chi connectivity index (χ4n) is 4.35. The number of aliphatic carboxylic acids is 1. The van der Waals surface area contributed by atoms with Gasteiger partial charge < -0.3 is 29.2 Å². The van der Waals surface area contributed by atoms with Crippen LogP contribution in [0.5, 0.6) is 0 Å². The zero-order valence-electron chi connectivity index (χ0n) is 27.8. The number of unbranched alkanes of at least 4 members (excludes halogenated alkanes) is 1. The maximum Gasteiger partial charge on any atom is 1.00 e. The summed E-state index contributed by atoms with van der Waals surface area (Å²) in [6.45, 7) is 3.21. The summed E-state index contributed by atoms with van der Waals surface area (Å²) in [6, 6.07) is 8.30.